The Morgan fingerprint density at radius 3 is 2.59 bits per heavy atom. The number of hydrogen-bond acceptors (Lipinski definition) is 5. The smallest absolute Gasteiger partial charge is 0.248 e. The molecule has 0 spiro atoms. The summed E-state index contributed by atoms with van der Waals surface area (Å²) < 4.78 is 10.9. The standard InChI is InChI=1S/C15H27N3O4/c16-14(19)11-21-12-15(20)18-7-4-8-22-13(10-18)9-17-5-2-1-3-6-17/h13H,1-12H2,(H2,16,19). The number of rotatable bonds is 6. The lowest BCUT2D eigenvalue weighted by atomic mass is 10.1. The first-order valence-electron chi connectivity index (χ1n) is 8.13. The first-order chi connectivity index (χ1) is 10.6. The van der Waals surface area contributed by atoms with E-state index in [2.05, 4.69) is 4.90 Å². The van der Waals surface area contributed by atoms with E-state index < -0.39 is 5.91 Å². The molecule has 2 saturated heterocycles. The second-order valence-corrected chi connectivity index (χ2v) is 6.01. The monoisotopic (exact) mass is 313 g/mol. The Morgan fingerprint density at radius 1 is 1.09 bits per heavy atom. The zero-order chi connectivity index (χ0) is 15.8. The highest BCUT2D eigenvalue weighted by Crippen LogP contribution is 2.13. The van der Waals surface area contributed by atoms with Gasteiger partial charge in [-0.05, 0) is 32.4 Å². The molecule has 7 nitrogen and oxygen atoms in total. The fraction of sp³-hybridized carbons (Fsp3) is 0.867. The van der Waals surface area contributed by atoms with Crippen LogP contribution in [0.25, 0.3) is 0 Å². The normalized spacial score (nSPS) is 24.0. The Kier molecular flexibility index (Phi) is 7.08. The van der Waals surface area contributed by atoms with Gasteiger partial charge in [-0.2, -0.15) is 0 Å². The van der Waals surface area contributed by atoms with Crippen molar-refractivity contribution in [2.75, 3.05) is 52.5 Å². The Balaban J connectivity index is 1.78. The Morgan fingerprint density at radius 2 is 1.86 bits per heavy atom. The van der Waals surface area contributed by atoms with E-state index in [1.807, 2.05) is 0 Å². The Labute approximate surface area is 131 Å². The van der Waals surface area contributed by atoms with Crippen LogP contribution in [0.5, 0.6) is 0 Å². The minimum absolute atomic E-state index is 0.0562. The quantitative estimate of drug-likeness (QED) is 0.721. The lowest BCUT2D eigenvalue weighted by Gasteiger charge is -2.31. The first kappa shape index (κ1) is 17.2. The Hall–Kier alpha value is -1.18. The van der Waals surface area contributed by atoms with Crippen LogP contribution < -0.4 is 5.73 Å². The molecule has 0 aromatic heterocycles. The molecule has 0 aromatic carbocycles. The molecule has 126 valence electrons. The fourth-order valence-corrected chi connectivity index (χ4v) is 2.99. The second-order valence-electron chi connectivity index (χ2n) is 6.01. The summed E-state index contributed by atoms with van der Waals surface area (Å²) in [5, 5.41) is 0. The van der Waals surface area contributed by atoms with Gasteiger partial charge in [0.15, 0.2) is 0 Å². The van der Waals surface area contributed by atoms with Gasteiger partial charge in [-0.3, -0.25) is 9.59 Å². The summed E-state index contributed by atoms with van der Waals surface area (Å²) in [4.78, 5) is 27.0. The minimum atomic E-state index is -0.560. The summed E-state index contributed by atoms with van der Waals surface area (Å²) >= 11 is 0. The molecule has 2 fully saturated rings. The van der Waals surface area contributed by atoms with Gasteiger partial charge in [0, 0.05) is 26.2 Å². The highest BCUT2D eigenvalue weighted by molar-refractivity contribution is 5.79. The van der Waals surface area contributed by atoms with Crippen LogP contribution in [0.1, 0.15) is 25.7 Å². The number of nitrogens with two attached hydrogens (primary N) is 1. The van der Waals surface area contributed by atoms with Crippen molar-refractivity contribution >= 4 is 11.8 Å². The van der Waals surface area contributed by atoms with Crippen molar-refractivity contribution in [1.82, 2.24) is 9.80 Å². The predicted molar refractivity (Wildman–Crippen MR) is 81.2 cm³/mol. The SMILES string of the molecule is NC(=O)COCC(=O)N1CCCOC(CN2CCCCC2)C1. The van der Waals surface area contributed by atoms with E-state index in [-0.39, 0.29) is 25.2 Å². The second kappa shape index (κ2) is 9.07. The molecule has 0 radical (unpaired) electrons. The van der Waals surface area contributed by atoms with Crippen molar-refractivity contribution in [1.29, 1.82) is 0 Å². The van der Waals surface area contributed by atoms with E-state index in [0.717, 1.165) is 26.1 Å². The van der Waals surface area contributed by atoms with Gasteiger partial charge in [-0.25, -0.2) is 0 Å². The number of amides is 2. The van der Waals surface area contributed by atoms with E-state index in [1.165, 1.54) is 19.3 Å². The van der Waals surface area contributed by atoms with Crippen LogP contribution in [0.2, 0.25) is 0 Å². The van der Waals surface area contributed by atoms with E-state index in [4.69, 9.17) is 15.2 Å². The molecule has 2 amide bonds. The van der Waals surface area contributed by atoms with Gasteiger partial charge in [0.1, 0.15) is 13.2 Å². The van der Waals surface area contributed by atoms with E-state index in [0.29, 0.717) is 19.7 Å². The van der Waals surface area contributed by atoms with Crippen LogP contribution in [0.3, 0.4) is 0 Å². The number of nitrogens with zero attached hydrogens (tertiary/aromatic N) is 2. The van der Waals surface area contributed by atoms with E-state index >= 15 is 0 Å². The van der Waals surface area contributed by atoms with Gasteiger partial charge < -0.3 is 25.0 Å². The van der Waals surface area contributed by atoms with Crippen LogP contribution in [-0.2, 0) is 19.1 Å². The van der Waals surface area contributed by atoms with Crippen LogP contribution in [0.15, 0.2) is 0 Å². The van der Waals surface area contributed by atoms with Gasteiger partial charge in [0.05, 0.1) is 6.10 Å². The van der Waals surface area contributed by atoms with Crippen LogP contribution in [0, 0.1) is 0 Å². The molecule has 1 atom stereocenters. The van der Waals surface area contributed by atoms with Gasteiger partial charge in [-0.15, -0.1) is 0 Å². The number of hydrogen-bond donors (Lipinski definition) is 1. The molecule has 2 aliphatic heterocycles. The average molecular weight is 313 g/mol. The molecular weight excluding hydrogens is 286 g/mol. The average Bonchev–Trinajstić information content (AvgIpc) is 2.73. The maximum absolute atomic E-state index is 12.1. The zero-order valence-corrected chi connectivity index (χ0v) is 13.2. The van der Waals surface area contributed by atoms with Crippen LogP contribution >= 0.6 is 0 Å². The highest BCUT2D eigenvalue weighted by Gasteiger charge is 2.25. The number of carbonyl (C=O) groups is 2. The summed E-state index contributed by atoms with van der Waals surface area (Å²) in [7, 11) is 0. The third-order valence-electron chi connectivity index (χ3n) is 4.08. The summed E-state index contributed by atoms with van der Waals surface area (Å²) in [6.07, 6.45) is 4.69. The lowest BCUT2D eigenvalue weighted by molar-refractivity contribution is -0.138. The number of likely N-dealkylation sites (tertiary alicyclic amines) is 1. The molecule has 2 N–H and O–H groups in total. The molecule has 7 heteroatoms. The number of carbonyl (C=O) groups excluding carboxylic acids is 2. The summed E-state index contributed by atoms with van der Waals surface area (Å²) in [5.41, 5.74) is 4.99. The zero-order valence-electron chi connectivity index (χ0n) is 13.2. The van der Waals surface area contributed by atoms with Crippen molar-refractivity contribution in [3.05, 3.63) is 0 Å². The third-order valence-corrected chi connectivity index (χ3v) is 4.08. The van der Waals surface area contributed by atoms with E-state index in [9.17, 15) is 9.59 Å². The predicted octanol–water partition coefficient (Wildman–Crippen LogP) is -0.408. The highest BCUT2D eigenvalue weighted by atomic mass is 16.5. The van der Waals surface area contributed by atoms with Crippen molar-refractivity contribution in [3.63, 3.8) is 0 Å². The van der Waals surface area contributed by atoms with Crippen molar-refractivity contribution in [2.24, 2.45) is 5.73 Å². The van der Waals surface area contributed by atoms with Crippen molar-refractivity contribution in [3.8, 4) is 0 Å². The maximum Gasteiger partial charge on any atom is 0.248 e. The summed E-state index contributed by atoms with van der Waals surface area (Å²) in [5.74, 6) is -0.662. The number of ether oxygens (including phenoxy) is 2. The summed E-state index contributed by atoms with van der Waals surface area (Å²) in [6, 6.07) is 0. The summed E-state index contributed by atoms with van der Waals surface area (Å²) in [6.45, 7) is 4.76. The van der Waals surface area contributed by atoms with Crippen molar-refractivity contribution in [2.45, 2.75) is 31.8 Å². The topological polar surface area (TPSA) is 85.1 Å². The van der Waals surface area contributed by atoms with Crippen LogP contribution in [0.4, 0.5) is 0 Å². The first-order valence-corrected chi connectivity index (χ1v) is 8.13. The maximum atomic E-state index is 12.1. The third kappa shape index (κ3) is 5.90. The molecule has 0 bridgehead atoms. The Bertz CT molecular complexity index is 372. The van der Waals surface area contributed by atoms with Gasteiger partial charge in [-0.1, -0.05) is 6.42 Å². The molecule has 0 aromatic rings. The fourth-order valence-electron chi connectivity index (χ4n) is 2.99. The minimum Gasteiger partial charge on any atom is -0.375 e. The van der Waals surface area contributed by atoms with Gasteiger partial charge in [0.2, 0.25) is 11.8 Å². The lowest BCUT2D eigenvalue weighted by Crippen LogP contribution is -2.44. The van der Waals surface area contributed by atoms with Gasteiger partial charge >= 0.3 is 0 Å². The molecule has 2 aliphatic rings. The largest absolute Gasteiger partial charge is 0.375 e. The van der Waals surface area contributed by atoms with Gasteiger partial charge in [0.25, 0.3) is 0 Å². The molecular formula is C15H27N3O4. The molecule has 0 saturated carbocycles. The number of piperidine rings is 1. The number of primary amides is 1. The molecule has 22 heavy (non-hydrogen) atoms. The molecule has 2 rings (SSSR count). The van der Waals surface area contributed by atoms with Crippen LogP contribution in [-0.4, -0.2) is 80.3 Å². The molecule has 2 heterocycles. The van der Waals surface area contributed by atoms with E-state index in [1.54, 1.807) is 4.90 Å². The van der Waals surface area contributed by atoms with Crippen molar-refractivity contribution < 1.29 is 19.1 Å². The molecule has 0 aliphatic carbocycles. The molecule has 1 unspecified atom stereocenters.